The molecule has 30 heavy (non-hydrogen) atoms. The number of aromatic amines is 1. The van der Waals surface area contributed by atoms with Crippen molar-refractivity contribution in [3.8, 4) is 6.07 Å². The zero-order valence-corrected chi connectivity index (χ0v) is 16.8. The van der Waals surface area contributed by atoms with Gasteiger partial charge >= 0.3 is 0 Å². The van der Waals surface area contributed by atoms with Gasteiger partial charge in [-0.05, 0) is 42.0 Å². The third-order valence-electron chi connectivity index (χ3n) is 5.15. The van der Waals surface area contributed by atoms with Crippen molar-refractivity contribution in [2.45, 2.75) is 6.54 Å². The number of halogens is 1. The summed E-state index contributed by atoms with van der Waals surface area (Å²) in [6, 6.07) is 26.1. The second kappa shape index (κ2) is 7.55. The summed E-state index contributed by atoms with van der Waals surface area (Å²) in [6.45, 7) is 0.720. The summed E-state index contributed by atoms with van der Waals surface area (Å²) in [5.41, 5.74) is 5.52. The molecule has 144 valence electrons. The first-order chi connectivity index (χ1) is 14.7. The number of allylic oxidation sites excluding steroid dienone is 1. The van der Waals surface area contributed by atoms with Crippen LogP contribution >= 0.6 is 11.6 Å². The Labute approximate surface area is 178 Å². The van der Waals surface area contributed by atoms with Gasteiger partial charge in [0.1, 0.15) is 11.9 Å². The number of hydrogen-bond acceptors (Lipinski definition) is 2. The number of fused-ring (bicyclic) bond motifs is 2. The summed E-state index contributed by atoms with van der Waals surface area (Å²) in [4.78, 5) is 7.82. The van der Waals surface area contributed by atoms with Gasteiger partial charge in [0.25, 0.3) is 0 Å². The second-order valence-electron chi connectivity index (χ2n) is 7.13. The first kappa shape index (κ1) is 18.2. The molecule has 0 unspecified atom stereocenters. The van der Waals surface area contributed by atoms with Crippen LogP contribution in [0.15, 0.2) is 79.0 Å². The molecule has 0 fully saturated rings. The van der Waals surface area contributed by atoms with Crippen LogP contribution in [0.4, 0.5) is 0 Å². The molecule has 0 radical (unpaired) electrons. The first-order valence-corrected chi connectivity index (χ1v) is 9.98. The van der Waals surface area contributed by atoms with Crippen molar-refractivity contribution in [1.29, 1.82) is 5.26 Å². The van der Waals surface area contributed by atoms with Gasteiger partial charge < -0.3 is 9.55 Å². The number of imidazole rings is 1. The van der Waals surface area contributed by atoms with E-state index in [9.17, 15) is 5.26 Å². The monoisotopic (exact) mass is 408 g/mol. The Morgan fingerprint density at radius 3 is 2.60 bits per heavy atom. The molecule has 0 aliphatic carbocycles. The quantitative estimate of drug-likeness (QED) is 0.355. The Hall–Kier alpha value is -3.81. The highest BCUT2D eigenvalue weighted by molar-refractivity contribution is 6.30. The lowest BCUT2D eigenvalue weighted by molar-refractivity contribution is 0.836. The molecule has 0 amide bonds. The van der Waals surface area contributed by atoms with E-state index in [4.69, 9.17) is 11.6 Å². The molecule has 3 aromatic carbocycles. The topological polar surface area (TPSA) is 57.4 Å². The molecule has 0 aliphatic heterocycles. The van der Waals surface area contributed by atoms with Crippen LogP contribution in [-0.4, -0.2) is 14.5 Å². The lowest BCUT2D eigenvalue weighted by atomic mass is 10.1. The number of hydrogen-bond donors (Lipinski definition) is 1. The van der Waals surface area contributed by atoms with Crippen molar-refractivity contribution < 1.29 is 0 Å². The predicted molar refractivity (Wildman–Crippen MR) is 122 cm³/mol. The summed E-state index contributed by atoms with van der Waals surface area (Å²) in [6.07, 6.45) is 3.98. The van der Waals surface area contributed by atoms with Crippen LogP contribution in [0, 0.1) is 11.3 Å². The fourth-order valence-electron chi connectivity index (χ4n) is 3.70. The molecule has 0 bridgehead atoms. The highest BCUT2D eigenvalue weighted by atomic mass is 35.5. The minimum Gasteiger partial charge on any atom is -0.342 e. The number of para-hydroxylation sites is 3. The second-order valence-corrected chi connectivity index (χ2v) is 7.56. The maximum atomic E-state index is 9.81. The predicted octanol–water partition coefficient (Wildman–Crippen LogP) is 6.28. The van der Waals surface area contributed by atoms with Crippen LogP contribution < -0.4 is 0 Å². The van der Waals surface area contributed by atoms with Gasteiger partial charge in [-0.3, -0.25) is 0 Å². The fraction of sp³-hybridized carbons (Fsp3) is 0.0400. The van der Waals surface area contributed by atoms with Crippen molar-refractivity contribution in [3.63, 3.8) is 0 Å². The van der Waals surface area contributed by atoms with Crippen molar-refractivity contribution >= 4 is 45.2 Å². The largest absolute Gasteiger partial charge is 0.342 e. The van der Waals surface area contributed by atoms with E-state index in [2.05, 4.69) is 38.9 Å². The van der Waals surface area contributed by atoms with Crippen LogP contribution in [0.2, 0.25) is 5.02 Å². The zero-order chi connectivity index (χ0) is 20.5. The van der Waals surface area contributed by atoms with Gasteiger partial charge in [0.05, 0.1) is 16.6 Å². The maximum Gasteiger partial charge on any atom is 0.149 e. The lowest BCUT2D eigenvalue weighted by Crippen LogP contribution is -1.97. The van der Waals surface area contributed by atoms with E-state index in [-0.39, 0.29) is 0 Å². The highest BCUT2D eigenvalue weighted by Crippen LogP contribution is 2.27. The molecular formula is C25H17ClN4. The van der Waals surface area contributed by atoms with E-state index in [1.807, 2.05) is 66.7 Å². The molecule has 4 nitrogen and oxygen atoms in total. The molecule has 0 saturated heterocycles. The third kappa shape index (κ3) is 3.36. The SMILES string of the molecule is N#C/C(=C\c1cn(Cc2ccc(Cl)cc2)c2ccccc12)c1nc2ccccc2[nH]1. The van der Waals surface area contributed by atoms with E-state index in [1.165, 1.54) is 0 Å². The number of rotatable bonds is 4. The molecule has 0 spiro atoms. The van der Waals surface area contributed by atoms with Gasteiger partial charge in [-0.1, -0.05) is 54.1 Å². The summed E-state index contributed by atoms with van der Waals surface area (Å²) in [5, 5.41) is 11.6. The van der Waals surface area contributed by atoms with E-state index >= 15 is 0 Å². The molecule has 0 atom stereocenters. The van der Waals surface area contributed by atoms with E-state index in [0.717, 1.165) is 44.6 Å². The average molecular weight is 409 g/mol. The number of H-pyrrole nitrogens is 1. The molecule has 0 saturated carbocycles. The highest BCUT2D eigenvalue weighted by Gasteiger charge is 2.11. The van der Waals surface area contributed by atoms with Gasteiger partial charge in [-0.15, -0.1) is 0 Å². The Kier molecular flexibility index (Phi) is 4.59. The number of nitriles is 1. The van der Waals surface area contributed by atoms with Crippen LogP contribution in [0.5, 0.6) is 0 Å². The third-order valence-corrected chi connectivity index (χ3v) is 5.40. The lowest BCUT2D eigenvalue weighted by Gasteiger charge is -2.05. The van der Waals surface area contributed by atoms with Gasteiger partial charge in [-0.25, -0.2) is 4.98 Å². The normalized spacial score (nSPS) is 11.8. The summed E-state index contributed by atoms with van der Waals surface area (Å²) < 4.78 is 2.19. The maximum absolute atomic E-state index is 9.81. The van der Waals surface area contributed by atoms with Gasteiger partial charge in [0.15, 0.2) is 0 Å². The van der Waals surface area contributed by atoms with Crippen molar-refractivity contribution in [3.05, 3.63) is 101 Å². The minimum absolute atomic E-state index is 0.501. The van der Waals surface area contributed by atoms with E-state index in [1.54, 1.807) is 0 Å². The van der Waals surface area contributed by atoms with Crippen LogP contribution in [-0.2, 0) is 6.54 Å². The zero-order valence-electron chi connectivity index (χ0n) is 16.0. The van der Waals surface area contributed by atoms with E-state index in [0.29, 0.717) is 11.4 Å². The van der Waals surface area contributed by atoms with Crippen LogP contribution in [0.25, 0.3) is 33.6 Å². The van der Waals surface area contributed by atoms with Crippen molar-refractivity contribution in [1.82, 2.24) is 14.5 Å². The van der Waals surface area contributed by atoms with Crippen LogP contribution in [0.1, 0.15) is 17.0 Å². The Morgan fingerprint density at radius 1 is 1.03 bits per heavy atom. The van der Waals surface area contributed by atoms with E-state index < -0.39 is 0 Å². The fourth-order valence-corrected chi connectivity index (χ4v) is 3.82. The summed E-state index contributed by atoms with van der Waals surface area (Å²) in [7, 11) is 0. The average Bonchev–Trinajstić information content (AvgIpc) is 3.35. The Bertz CT molecular complexity index is 1400. The number of benzene rings is 3. The first-order valence-electron chi connectivity index (χ1n) is 9.60. The van der Waals surface area contributed by atoms with Crippen LogP contribution in [0.3, 0.4) is 0 Å². The molecule has 2 aromatic heterocycles. The smallest absolute Gasteiger partial charge is 0.149 e. The number of aromatic nitrogens is 3. The standard InChI is InChI=1S/C25H17ClN4/c26-20-11-9-17(10-12-20)15-30-16-19(21-5-1-4-8-24(21)30)13-18(14-27)25-28-22-6-2-3-7-23(22)29-25/h1-13,16H,15H2,(H,28,29)/b18-13+. The minimum atomic E-state index is 0.501. The molecular weight excluding hydrogens is 392 g/mol. The van der Waals surface area contributed by atoms with Gasteiger partial charge in [0.2, 0.25) is 0 Å². The molecule has 5 aromatic rings. The van der Waals surface area contributed by atoms with Gasteiger partial charge in [0, 0.05) is 34.2 Å². The van der Waals surface area contributed by atoms with Crippen molar-refractivity contribution in [2.24, 2.45) is 0 Å². The number of nitrogens with one attached hydrogen (secondary N) is 1. The van der Waals surface area contributed by atoms with Crippen molar-refractivity contribution in [2.75, 3.05) is 0 Å². The molecule has 5 rings (SSSR count). The summed E-state index contributed by atoms with van der Waals surface area (Å²) in [5.74, 6) is 0.577. The summed E-state index contributed by atoms with van der Waals surface area (Å²) >= 11 is 6.02. The Balaban J connectivity index is 1.59. The Morgan fingerprint density at radius 2 is 1.80 bits per heavy atom. The molecule has 0 aliphatic rings. The number of nitrogens with zero attached hydrogens (tertiary/aromatic N) is 3. The van der Waals surface area contributed by atoms with Gasteiger partial charge in [-0.2, -0.15) is 5.26 Å². The molecule has 5 heteroatoms. The molecule has 1 N–H and O–H groups in total. The molecule has 2 heterocycles.